The van der Waals surface area contributed by atoms with Gasteiger partial charge in [-0.3, -0.25) is 4.79 Å². The van der Waals surface area contributed by atoms with Crippen LogP contribution in [0.3, 0.4) is 0 Å². The zero-order valence-corrected chi connectivity index (χ0v) is 21.0. The lowest BCUT2D eigenvalue weighted by Crippen LogP contribution is -3.00. The van der Waals surface area contributed by atoms with Crippen LogP contribution in [0.2, 0.25) is 0 Å². The highest BCUT2D eigenvalue weighted by atomic mass is 79.9. The van der Waals surface area contributed by atoms with E-state index in [1.54, 1.807) is 0 Å². The number of nitrogens with two attached hydrogens (primary N) is 1. The summed E-state index contributed by atoms with van der Waals surface area (Å²) in [6.45, 7) is 3.37. The van der Waals surface area contributed by atoms with Gasteiger partial charge in [-0.25, -0.2) is 9.13 Å². The second-order valence-electron chi connectivity index (χ2n) is 9.77. The van der Waals surface area contributed by atoms with Crippen LogP contribution in [0.25, 0.3) is 0 Å². The monoisotopic (exact) mass is 507 g/mol. The van der Waals surface area contributed by atoms with E-state index in [4.69, 9.17) is 5.73 Å². The molecule has 1 amide bonds. The summed E-state index contributed by atoms with van der Waals surface area (Å²) in [7, 11) is 0. The van der Waals surface area contributed by atoms with Crippen molar-refractivity contribution in [3.63, 3.8) is 0 Å². The number of carbonyl (C=O) groups is 1. The smallest absolute Gasteiger partial charge is 0.253 e. The number of rotatable bonds is 7. The molecule has 0 spiro atoms. The molecule has 2 N–H and O–H groups in total. The van der Waals surface area contributed by atoms with Gasteiger partial charge in [-0.15, -0.1) is 0 Å². The molecule has 5 rings (SSSR count). The van der Waals surface area contributed by atoms with Crippen LogP contribution in [-0.4, -0.2) is 10.5 Å². The Labute approximate surface area is 207 Å². The molecule has 2 saturated carbocycles. The summed E-state index contributed by atoms with van der Waals surface area (Å²) in [6, 6.07) is 20.7. The number of hydrogen-bond acceptors (Lipinski definition) is 1. The standard InChI is InChI=1S/C28H33N3O.BrH/c1-21-30(20-22-9-8-10-22)17-18-31(21)26-16-15-25(19-26)28(27(29)32,23-11-4-2-5-12-23)24-13-6-3-7-14-24;/h2-7,11-14,17-18,22,25-26H,8-10,15-16,19-20H2,1H3,(H-,29,32);1H. The van der Waals surface area contributed by atoms with E-state index in [0.717, 1.165) is 42.9 Å². The van der Waals surface area contributed by atoms with E-state index >= 15 is 0 Å². The van der Waals surface area contributed by atoms with Crippen molar-refractivity contribution < 1.29 is 26.3 Å². The molecule has 33 heavy (non-hydrogen) atoms. The van der Waals surface area contributed by atoms with Crippen molar-refractivity contribution in [1.82, 2.24) is 4.57 Å². The first-order valence-electron chi connectivity index (χ1n) is 12.1. The molecular weight excluding hydrogens is 474 g/mol. The Bertz CT molecular complexity index is 1040. The SMILES string of the molecule is Cc1n(C2CCC(C(C(N)=O)(c3ccccc3)c3ccccc3)C2)cc[n+]1CC1CCC1.[Br-]. The number of aromatic nitrogens is 2. The Hall–Kier alpha value is -2.40. The lowest BCUT2D eigenvalue weighted by Gasteiger charge is -2.37. The van der Waals surface area contributed by atoms with Crippen LogP contribution < -0.4 is 27.3 Å². The van der Waals surface area contributed by atoms with Gasteiger partial charge in [-0.05, 0) is 55.1 Å². The molecule has 2 aromatic carbocycles. The summed E-state index contributed by atoms with van der Waals surface area (Å²) < 4.78 is 4.87. The van der Waals surface area contributed by atoms with Crippen molar-refractivity contribution in [2.75, 3.05) is 0 Å². The Morgan fingerprint density at radius 3 is 2.12 bits per heavy atom. The number of carbonyl (C=O) groups excluding carboxylic acids is 1. The van der Waals surface area contributed by atoms with Crippen molar-refractivity contribution in [1.29, 1.82) is 0 Å². The van der Waals surface area contributed by atoms with Crippen LogP contribution in [0.1, 0.15) is 61.5 Å². The van der Waals surface area contributed by atoms with Gasteiger partial charge in [0.2, 0.25) is 5.91 Å². The number of halogens is 1. The summed E-state index contributed by atoms with van der Waals surface area (Å²) >= 11 is 0. The average Bonchev–Trinajstić information content (AvgIpc) is 3.40. The Morgan fingerprint density at radius 1 is 1.00 bits per heavy atom. The van der Waals surface area contributed by atoms with Gasteiger partial charge >= 0.3 is 0 Å². The van der Waals surface area contributed by atoms with E-state index in [1.807, 2.05) is 36.4 Å². The molecular formula is C28H34BrN3O. The van der Waals surface area contributed by atoms with E-state index < -0.39 is 5.41 Å². The van der Waals surface area contributed by atoms with E-state index in [9.17, 15) is 4.79 Å². The highest BCUT2D eigenvalue weighted by Gasteiger charge is 2.51. The van der Waals surface area contributed by atoms with E-state index in [-0.39, 0.29) is 28.8 Å². The molecule has 2 aliphatic carbocycles. The topological polar surface area (TPSA) is 51.9 Å². The van der Waals surface area contributed by atoms with Crippen LogP contribution in [0, 0.1) is 18.8 Å². The molecule has 2 unspecified atom stereocenters. The Morgan fingerprint density at radius 2 is 1.61 bits per heavy atom. The fourth-order valence-electron chi connectivity index (χ4n) is 6.18. The number of nitrogens with zero attached hydrogens (tertiary/aromatic N) is 2. The molecule has 2 fully saturated rings. The molecule has 0 aliphatic heterocycles. The molecule has 3 aromatic rings. The fraction of sp³-hybridized carbons (Fsp3) is 0.429. The van der Waals surface area contributed by atoms with Gasteiger partial charge in [0.1, 0.15) is 23.9 Å². The van der Waals surface area contributed by atoms with Crippen LogP contribution in [-0.2, 0) is 16.8 Å². The normalized spacial score (nSPS) is 20.8. The first-order chi connectivity index (χ1) is 15.6. The minimum Gasteiger partial charge on any atom is -1.00 e. The number of benzene rings is 2. The molecule has 0 bridgehead atoms. The number of amides is 1. The Kier molecular flexibility index (Phi) is 7.08. The summed E-state index contributed by atoms with van der Waals surface area (Å²) in [6.07, 6.45) is 11.6. The highest BCUT2D eigenvalue weighted by molar-refractivity contribution is 5.91. The lowest BCUT2D eigenvalue weighted by molar-refractivity contribution is -0.710. The van der Waals surface area contributed by atoms with Gasteiger partial charge in [0.05, 0.1) is 6.54 Å². The molecule has 2 atom stereocenters. The van der Waals surface area contributed by atoms with Crippen molar-refractivity contribution in [2.45, 2.75) is 63.5 Å². The lowest BCUT2D eigenvalue weighted by atomic mass is 9.64. The number of primary amides is 1. The van der Waals surface area contributed by atoms with Gasteiger partial charge in [0, 0.05) is 6.92 Å². The van der Waals surface area contributed by atoms with Gasteiger partial charge in [-0.1, -0.05) is 67.1 Å². The summed E-state index contributed by atoms with van der Waals surface area (Å²) in [5, 5.41) is 0. The predicted octanol–water partition coefficient (Wildman–Crippen LogP) is 1.70. The minimum atomic E-state index is -0.805. The third kappa shape index (κ3) is 4.16. The van der Waals surface area contributed by atoms with Gasteiger partial charge in [0.15, 0.2) is 0 Å². The van der Waals surface area contributed by atoms with Crippen molar-refractivity contribution in [3.05, 3.63) is 90.0 Å². The maximum atomic E-state index is 13.3. The third-order valence-corrected chi connectivity index (χ3v) is 8.13. The molecule has 0 radical (unpaired) electrons. The van der Waals surface area contributed by atoms with Gasteiger partial charge in [-0.2, -0.15) is 0 Å². The van der Waals surface area contributed by atoms with Crippen molar-refractivity contribution >= 4 is 5.91 Å². The van der Waals surface area contributed by atoms with Gasteiger partial charge in [0.25, 0.3) is 5.82 Å². The zero-order valence-electron chi connectivity index (χ0n) is 19.4. The fourth-order valence-corrected chi connectivity index (χ4v) is 6.18. The quantitative estimate of drug-likeness (QED) is 0.486. The van der Waals surface area contributed by atoms with Gasteiger partial charge < -0.3 is 22.7 Å². The van der Waals surface area contributed by atoms with E-state index in [1.165, 1.54) is 25.1 Å². The zero-order chi connectivity index (χ0) is 22.1. The molecule has 1 heterocycles. The summed E-state index contributed by atoms with van der Waals surface area (Å²) in [4.78, 5) is 13.3. The number of imidazole rings is 1. The molecule has 5 heteroatoms. The first-order valence-corrected chi connectivity index (χ1v) is 12.1. The van der Waals surface area contributed by atoms with Crippen LogP contribution in [0.4, 0.5) is 0 Å². The van der Waals surface area contributed by atoms with Crippen molar-refractivity contribution in [3.8, 4) is 0 Å². The van der Waals surface area contributed by atoms with Crippen LogP contribution >= 0.6 is 0 Å². The largest absolute Gasteiger partial charge is 1.00 e. The molecule has 1 aromatic heterocycles. The van der Waals surface area contributed by atoms with Crippen LogP contribution in [0.15, 0.2) is 73.1 Å². The van der Waals surface area contributed by atoms with Crippen LogP contribution in [0.5, 0.6) is 0 Å². The summed E-state index contributed by atoms with van der Waals surface area (Å²) in [5.41, 5.74) is 7.47. The predicted molar refractivity (Wildman–Crippen MR) is 126 cm³/mol. The van der Waals surface area contributed by atoms with Crippen molar-refractivity contribution in [2.24, 2.45) is 17.6 Å². The molecule has 0 saturated heterocycles. The van der Waals surface area contributed by atoms with E-state index in [2.05, 4.69) is 52.7 Å². The second-order valence-corrected chi connectivity index (χ2v) is 9.77. The molecule has 4 nitrogen and oxygen atoms in total. The highest BCUT2D eigenvalue weighted by Crippen LogP contribution is 2.50. The first kappa shape index (κ1) is 23.7. The third-order valence-electron chi connectivity index (χ3n) is 8.13. The maximum Gasteiger partial charge on any atom is 0.253 e. The second kappa shape index (κ2) is 9.84. The maximum absolute atomic E-state index is 13.3. The summed E-state index contributed by atoms with van der Waals surface area (Å²) in [5.74, 6) is 2.08. The Balaban J connectivity index is 0.00000259. The molecule has 2 aliphatic rings. The average molecular weight is 509 g/mol. The van der Waals surface area contributed by atoms with E-state index in [0.29, 0.717) is 6.04 Å². The molecule has 174 valence electrons. The minimum absolute atomic E-state index is 0. The number of hydrogen-bond donors (Lipinski definition) is 1.